The third-order valence-corrected chi connectivity index (χ3v) is 6.75. The third-order valence-electron chi connectivity index (χ3n) is 6.75. The molecular formula is C26H27N3O5. The van der Waals surface area contributed by atoms with Gasteiger partial charge in [-0.1, -0.05) is 29.4 Å². The molecule has 0 unspecified atom stereocenters. The predicted octanol–water partition coefficient (Wildman–Crippen LogP) is 3.98. The Morgan fingerprint density at radius 3 is 2.50 bits per heavy atom. The quantitative estimate of drug-likeness (QED) is 0.434. The Balaban J connectivity index is 1.24. The van der Waals surface area contributed by atoms with Crippen LogP contribution >= 0.6 is 0 Å². The zero-order valence-electron chi connectivity index (χ0n) is 19.3. The molecule has 0 spiro atoms. The van der Waals surface area contributed by atoms with Crippen molar-refractivity contribution in [3.63, 3.8) is 0 Å². The van der Waals surface area contributed by atoms with Crippen molar-refractivity contribution < 1.29 is 24.0 Å². The standard InChI is InChI=1S/C26H27N3O5/c1-25(2)14-20-13-19(7-8-21(20)33-25)23-27-22(28-34-23)18-5-3-17(4-6-18)15-29-11-9-26(16-30,10-12-29)24(31)32/h3-8,13,16H,9-12,14-15H2,1-2H3,(H,31,32). The van der Waals surface area contributed by atoms with E-state index >= 15 is 0 Å². The molecule has 176 valence electrons. The fourth-order valence-corrected chi connectivity index (χ4v) is 4.71. The largest absolute Gasteiger partial charge is 0.487 e. The molecule has 2 aliphatic rings. The topological polar surface area (TPSA) is 106 Å². The third kappa shape index (κ3) is 4.21. The molecule has 5 rings (SSSR count). The molecule has 1 aromatic heterocycles. The fourth-order valence-electron chi connectivity index (χ4n) is 4.71. The van der Waals surface area contributed by atoms with Crippen molar-refractivity contribution in [2.24, 2.45) is 5.41 Å². The second kappa shape index (κ2) is 8.36. The highest BCUT2D eigenvalue weighted by Crippen LogP contribution is 2.37. The number of aliphatic carboxylic acids is 1. The molecule has 2 aromatic carbocycles. The van der Waals surface area contributed by atoms with E-state index in [1.807, 2.05) is 42.5 Å². The first-order valence-electron chi connectivity index (χ1n) is 11.4. The van der Waals surface area contributed by atoms with Crippen molar-refractivity contribution in [2.75, 3.05) is 13.1 Å². The number of carboxylic acid groups (broad SMARTS) is 1. The van der Waals surface area contributed by atoms with Crippen LogP contribution in [0.3, 0.4) is 0 Å². The highest BCUT2D eigenvalue weighted by atomic mass is 16.5. The van der Waals surface area contributed by atoms with Crippen LogP contribution in [0.15, 0.2) is 47.0 Å². The van der Waals surface area contributed by atoms with E-state index in [9.17, 15) is 14.7 Å². The molecule has 3 aromatic rings. The summed E-state index contributed by atoms with van der Waals surface area (Å²) in [5.74, 6) is 0.867. The van der Waals surface area contributed by atoms with Gasteiger partial charge in [-0.2, -0.15) is 4.98 Å². The predicted molar refractivity (Wildman–Crippen MR) is 124 cm³/mol. The van der Waals surface area contributed by atoms with E-state index in [-0.39, 0.29) is 5.60 Å². The number of nitrogens with zero attached hydrogens (tertiary/aromatic N) is 3. The number of carbonyl (C=O) groups excluding carboxylic acids is 1. The van der Waals surface area contributed by atoms with Crippen LogP contribution < -0.4 is 4.74 Å². The molecule has 1 saturated heterocycles. The summed E-state index contributed by atoms with van der Waals surface area (Å²) in [4.78, 5) is 29.5. The molecule has 0 aliphatic carbocycles. The van der Waals surface area contributed by atoms with E-state index in [0.29, 0.717) is 50.5 Å². The van der Waals surface area contributed by atoms with Crippen LogP contribution in [0.5, 0.6) is 5.75 Å². The zero-order valence-corrected chi connectivity index (χ0v) is 19.3. The molecule has 0 amide bonds. The molecule has 1 N–H and O–H groups in total. The Morgan fingerprint density at radius 2 is 1.82 bits per heavy atom. The Morgan fingerprint density at radius 1 is 1.12 bits per heavy atom. The molecule has 0 atom stereocenters. The summed E-state index contributed by atoms with van der Waals surface area (Å²) in [6.07, 6.45) is 2.10. The van der Waals surface area contributed by atoms with E-state index < -0.39 is 11.4 Å². The van der Waals surface area contributed by atoms with Crippen LogP contribution in [-0.2, 0) is 22.6 Å². The molecule has 8 heteroatoms. The van der Waals surface area contributed by atoms with Gasteiger partial charge in [0.1, 0.15) is 23.1 Å². The van der Waals surface area contributed by atoms with Crippen LogP contribution in [0.25, 0.3) is 22.8 Å². The molecule has 0 saturated carbocycles. The monoisotopic (exact) mass is 461 g/mol. The number of carboxylic acids is 1. The molecule has 8 nitrogen and oxygen atoms in total. The van der Waals surface area contributed by atoms with Gasteiger partial charge in [0.2, 0.25) is 5.82 Å². The van der Waals surface area contributed by atoms with Gasteiger partial charge < -0.3 is 19.2 Å². The minimum atomic E-state index is -1.24. The first-order chi connectivity index (χ1) is 16.3. The van der Waals surface area contributed by atoms with E-state index in [4.69, 9.17) is 9.26 Å². The van der Waals surface area contributed by atoms with Gasteiger partial charge in [-0.25, -0.2) is 0 Å². The normalized spacial score (nSPS) is 18.8. The number of carbonyl (C=O) groups is 2. The van der Waals surface area contributed by atoms with E-state index in [2.05, 4.69) is 28.9 Å². The average Bonchev–Trinajstić information content (AvgIpc) is 3.43. The lowest BCUT2D eigenvalue weighted by Crippen LogP contribution is -2.45. The summed E-state index contributed by atoms with van der Waals surface area (Å²) < 4.78 is 11.5. The molecule has 34 heavy (non-hydrogen) atoms. The van der Waals surface area contributed by atoms with Crippen LogP contribution in [0.1, 0.15) is 37.8 Å². The number of piperidine rings is 1. The summed E-state index contributed by atoms with van der Waals surface area (Å²) in [7, 11) is 0. The molecule has 2 aliphatic heterocycles. The summed E-state index contributed by atoms with van der Waals surface area (Å²) in [5, 5.41) is 13.5. The van der Waals surface area contributed by atoms with Gasteiger partial charge in [-0.15, -0.1) is 0 Å². The van der Waals surface area contributed by atoms with Crippen molar-refractivity contribution in [1.82, 2.24) is 15.0 Å². The number of hydrogen-bond donors (Lipinski definition) is 1. The lowest BCUT2D eigenvalue weighted by Gasteiger charge is -2.35. The fraction of sp³-hybridized carbons (Fsp3) is 0.385. The van der Waals surface area contributed by atoms with Gasteiger partial charge >= 0.3 is 5.97 Å². The van der Waals surface area contributed by atoms with Crippen LogP contribution in [-0.4, -0.2) is 51.1 Å². The molecule has 1 fully saturated rings. The molecule has 0 bridgehead atoms. The van der Waals surface area contributed by atoms with Crippen LogP contribution in [0.2, 0.25) is 0 Å². The first-order valence-corrected chi connectivity index (χ1v) is 11.4. The summed E-state index contributed by atoms with van der Waals surface area (Å²) in [6, 6.07) is 13.9. The molecule has 0 radical (unpaired) electrons. The SMILES string of the molecule is CC1(C)Cc2cc(-c3nc(-c4ccc(CN5CCC(C=O)(C(=O)O)CC5)cc4)no3)ccc2O1. The van der Waals surface area contributed by atoms with E-state index in [1.165, 1.54) is 0 Å². The van der Waals surface area contributed by atoms with Crippen LogP contribution in [0.4, 0.5) is 0 Å². The number of likely N-dealkylation sites (tertiary alicyclic amines) is 1. The van der Waals surface area contributed by atoms with E-state index in [1.54, 1.807) is 0 Å². The number of rotatable bonds is 6. The Labute approximate surface area is 197 Å². The number of hydrogen-bond acceptors (Lipinski definition) is 7. The Kier molecular flexibility index (Phi) is 5.48. The van der Waals surface area contributed by atoms with Gasteiger partial charge in [-0.05, 0) is 56.0 Å². The van der Waals surface area contributed by atoms with Crippen molar-refractivity contribution in [3.05, 3.63) is 53.6 Å². The van der Waals surface area contributed by atoms with Crippen molar-refractivity contribution in [2.45, 2.75) is 45.3 Å². The minimum Gasteiger partial charge on any atom is -0.487 e. The average molecular weight is 462 g/mol. The van der Waals surface area contributed by atoms with Crippen molar-refractivity contribution in [1.29, 1.82) is 0 Å². The number of aldehydes is 1. The van der Waals surface area contributed by atoms with Crippen molar-refractivity contribution in [3.8, 4) is 28.6 Å². The Hall–Kier alpha value is -3.52. The maximum Gasteiger partial charge on any atom is 0.316 e. The smallest absolute Gasteiger partial charge is 0.316 e. The molecular weight excluding hydrogens is 434 g/mol. The second-order valence-electron chi connectivity index (χ2n) is 9.84. The number of ether oxygens (including phenoxy) is 1. The van der Waals surface area contributed by atoms with Gasteiger partial charge in [0.05, 0.1) is 0 Å². The summed E-state index contributed by atoms with van der Waals surface area (Å²) in [6.45, 7) is 5.98. The maximum absolute atomic E-state index is 11.4. The lowest BCUT2D eigenvalue weighted by molar-refractivity contribution is -0.154. The number of fused-ring (bicyclic) bond motifs is 1. The summed E-state index contributed by atoms with van der Waals surface area (Å²) in [5.41, 5.74) is 2.52. The van der Waals surface area contributed by atoms with Gasteiger partial charge in [0, 0.05) is 37.2 Å². The maximum atomic E-state index is 11.4. The van der Waals surface area contributed by atoms with Gasteiger partial charge in [0.15, 0.2) is 0 Å². The minimum absolute atomic E-state index is 0.204. The van der Waals surface area contributed by atoms with Gasteiger partial charge in [-0.3, -0.25) is 9.69 Å². The highest BCUT2D eigenvalue weighted by molar-refractivity contribution is 5.92. The van der Waals surface area contributed by atoms with Crippen molar-refractivity contribution >= 4 is 12.3 Å². The summed E-state index contributed by atoms with van der Waals surface area (Å²) >= 11 is 0. The number of aromatic nitrogens is 2. The van der Waals surface area contributed by atoms with Crippen LogP contribution in [0, 0.1) is 5.41 Å². The van der Waals surface area contributed by atoms with Gasteiger partial charge in [0.25, 0.3) is 5.89 Å². The van der Waals surface area contributed by atoms with E-state index in [0.717, 1.165) is 34.4 Å². The second-order valence-corrected chi connectivity index (χ2v) is 9.84. The highest BCUT2D eigenvalue weighted by Gasteiger charge is 2.41. The molecule has 3 heterocycles. The zero-order chi connectivity index (χ0) is 23.9. The Bertz CT molecular complexity index is 1220. The number of benzene rings is 2. The first kappa shape index (κ1) is 22.3. The lowest BCUT2D eigenvalue weighted by atomic mass is 9.80.